The summed E-state index contributed by atoms with van der Waals surface area (Å²) in [5.74, 6) is -1.36. The fraction of sp³-hybridized carbons (Fsp3) is 0.118. The lowest BCUT2D eigenvalue weighted by atomic mass is 10.3. The molecule has 2 rings (SSSR count). The van der Waals surface area contributed by atoms with Gasteiger partial charge in [0.05, 0.1) is 0 Å². The molecule has 0 bridgehead atoms. The van der Waals surface area contributed by atoms with E-state index in [1.165, 1.54) is 17.4 Å². The first-order chi connectivity index (χ1) is 11.5. The molecule has 7 heteroatoms. The van der Waals surface area contributed by atoms with Crippen LogP contribution in [0.4, 0.5) is 10.5 Å². The average Bonchev–Trinajstić information content (AvgIpc) is 2.97. The number of hydrogen-bond acceptors (Lipinski definition) is 5. The SMILES string of the molecule is Cc1ccc(/C=C/C(=O)OCC(=O)NC(=O)Nc2ccccc2)s1. The third-order valence-electron chi connectivity index (χ3n) is 2.77. The van der Waals surface area contributed by atoms with E-state index in [1.807, 2.05) is 19.1 Å². The van der Waals surface area contributed by atoms with E-state index >= 15 is 0 Å². The summed E-state index contributed by atoms with van der Waals surface area (Å²) < 4.78 is 4.77. The van der Waals surface area contributed by atoms with E-state index in [0.717, 1.165) is 9.75 Å². The Hall–Kier alpha value is -2.93. The summed E-state index contributed by atoms with van der Waals surface area (Å²) in [7, 11) is 0. The van der Waals surface area contributed by atoms with E-state index in [2.05, 4.69) is 10.6 Å². The highest BCUT2D eigenvalue weighted by atomic mass is 32.1. The number of urea groups is 1. The number of benzene rings is 1. The maximum Gasteiger partial charge on any atom is 0.331 e. The van der Waals surface area contributed by atoms with Crippen LogP contribution in [0.15, 0.2) is 48.5 Å². The van der Waals surface area contributed by atoms with E-state index in [9.17, 15) is 14.4 Å². The normalized spacial score (nSPS) is 10.4. The molecule has 24 heavy (non-hydrogen) atoms. The van der Waals surface area contributed by atoms with Gasteiger partial charge in [0.2, 0.25) is 0 Å². The molecule has 0 spiro atoms. The summed E-state index contributed by atoms with van der Waals surface area (Å²) >= 11 is 1.54. The largest absolute Gasteiger partial charge is 0.452 e. The lowest BCUT2D eigenvalue weighted by Gasteiger charge is -2.06. The second-order valence-corrected chi connectivity index (χ2v) is 6.08. The van der Waals surface area contributed by atoms with Crippen molar-refractivity contribution in [1.29, 1.82) is 0 Å². The third-order valence-corrected chi connectivity index (χ3v) is 3.74. The van der Waals surface area contributed by atoms with Crippen molar-refractivity contribution >= 4 is 41.0 Å². The number of carbonyl (C=O) groups is 3. The van der Waals surface area contributed by atoms with Crippen molar-refractivity contribution < 1.29 is 19.1 Å². The molecule has 0 atom stereocenters. The van der Waals surface area contributed by atoms with Crippen LogP contribution in [0.1, 0.15) is 9.75 Å². The number of imide groups is 1. The zero-order chi connectivity index (χ0) is 17.4. The quantitative estimate of drug-likeness (QED) is 0.645. The van der Waals surface area contributed by atoms with E-state index in [1.54, 1.807) is 36.4 Å². The van der Waals surface area contributed by atoms with Crippen molar-refractivity contribution in [3.8, 4) is 0 Å². The Balaban J connectivity index is 1.71. The van der Waals surface area contributed by atoms with Gasteiger partial charge in [0, 0.05) is 21.5 Å². The van der Waals surface area contributed by atoms with Gasteiger partial charge in [-0.3, -0.25) is 10.1 Å². The van der Waals surface area contributed by atoms with E-state index in [0.29, 0.717) is 5.69 Å². The second kappa shape index (κ2) is 8.64. The summed E-state index contributed by atoms with van der Waals surface area (Å²) in [6.45, 7) is 1.43. The Bertz CT molecular complexity index is 753. The Kier molecular flexibility index (Phi) is 6.27. The second-order valence-electron chi connectivity index (χ2n) is 4.76. The predicted molar refractivity (Wildman–Crippen MR) is 92.7 cm³/mol. The highest BCUT2D eigenvalue weighted by Gasteiger charge is 2.09. The molecule has 0 aliphatic rings. The van der Waals surface area contributed by atoms with Crippen LogP contribution in [0.5, 0.6) is 0 Å². The van der Waals surface area contributed by atoms with Gasteiger partial charge in [-0.25, -0.2) is 9.59 Å². The monoisotopic (exact) mass is 344 g/mol. The molecular weight excluding hydrogens is 328 g/mol. The van der Waals surface area contributed by atoms with Gasteiger partial charge in [-0.15, -0.1) is 11.3 Å². The fourth-order valence-electron chi connectivity index (χ4n) is 1.72. The standard InChI is InChI=1S/C17H16N2O4S/c1-12-7-8-14(24-12)9-10-16(21)23-11-15(20)19-17(22)18-13-5-3-2-4-6-13/h2-10H,11H2,1H3,(H2,18,19,20,22)/b10-9+. The van der Waals surface area contributed by atoms with Gasteiger partial charge in [-0.1, -0.05) is 18.2 Å². The molecule has 0 saturated carbocycles. The molecule has 1 aromatic heterocycles. The molecule has 0 unspecified atom stereocenters. The number of para-hydroxylation sites is 1. The number of aryl methyl sites for hydroxylation is 1. The summed E-state index contributed by atoms with van der Waals surface area (Å²) in [6, 6.07) is 11.8. The Morgan fingerprint density at radius 3 is 2.54 bits per heavy atom. The van der Waals surface area contributed by atoms with Crippen LogP contribution in [0.2, 0.25) is 0 Å². The molecule has 124 valence electrons. The number of carbonyl (C=O) groups excluding carboxylic acids is 3. The lowest BCUT2D eigenvalue weighted by Crippen LogP contribution is -2.37. The molecule has 0 aliphatic carbocycles. The average molecular weight is 344 g/mol. The van der Waals surface area contributed by atoms with Crippen molar-refractivity contribution in [2.45, 2.75) is 6.92 Å². The zero-order valence-electron chi connectivity index (χ0n) is 12.9. The summed E-state index contributed by atoms with van der Waals surface area (Å²) in [5, 5.41) is 4.56. The van der Waals surface area contributed by atoms with E-state index in [4.69, 9.17) is 4.74 Å². The lowest BCUT2D eigenvalue weighted by molar-refractivity contribution is -0.143. The molecule has 0 saturated heterocycles. The minimum absolute atomic E-state index is 0.533. The Morgan fingerprint density at radius 1 is 1.12 bits per heavy atom. The maximum absolute atomic E-state index is 11.6. The molecular formula is C17H16N2O4S. The maximum atomic E-state index is 11.6. The molecule has 0 aliphatic heterocycles. The summed E-state index contributed by atoms with van der Waals surface area (Å²) in [5.41, 5.74) is 0.550. The highest BCUT2D eigenvalue weighted by Crippen LogP contribution is 2.16. The van der Waals surface area contributed by atoms with Gasteiger partial charge in [-0.05, 0) is 37.3 Å². The number of rotatable bonds is 5. The van der Waals surface area contributed by atoms with Crippen LogP contribution in [-0.2, 0) is 14.3 Å². The minimum atomic E-state index is -0.711. The number of anilines is 1. The number of ether oxygens (including phenoxy) is 1. The van der Waals surface area contributed by atoms with Crippen molar-refractivity contribution in [3.63, 3.8) is 0 Å². The zero-order valence-corrected chi connectivity index (χ0v) is 13.8. The Labute approximate surface area is 143 Å². The molecule has 1 heterocycles. The molecule has 3 amide bonds. The topological polar surface area (TPSA) is 84.5 Å². The van der Waals surface area contributed by atoms with Gasteiger partial charge in [0.15, 0.2) is 6.61 Å². The van der Waals surface area contributed by atoms with Crippen molar-refractivity contribution in [3.05, 3.63) is 58.3 Å². The van der Waals surface area contributed by atoms with Crippen LogP contribution < -0.4 is 10.6 Å². The summed E-state index contributed by atoms with van der Waals surface area (Å²) in [4.78, 5) is 36.7. The number of nitrogens with one attached hydrogen (secondary N) is 2. The fourth-order valence-corrected chi connectivity index (χ4v) is 2.50. The molecule has 1 aromatic carbocycles. The third kappa shape index (κ3) is 6.05. The van der Waals surface area contributed by atoms with Gasteiger partial charge < -0.3 is 10.1 Å². The number of esters is 1. The van der Waals surface area contributed by atoms with Crippen molar-refractivity contribution in [2.75, 3.05) is 11.9 Å². The van der Waals surface area contributed by atoms with Crippen LogP contribution in [0.3, 0.4) is 0 Å². The molecule has 2 aromatic rings. The van der Waals surface area contributed by atoms with Gasteiger partial charge >= 0.3 is 12.0 Å². The molecule has 0 fully saturated rings. The first kappa shape index (κ1) is 17.4. The van der Waals surface area contributed by atoms with E-state index < -0.39 is 24.5 Å². The first-order valence-electron chi connectivity index (χ1n) is 7.10. The van der Waals surface area contributed by atoms with Crippen molar-refractivity contribution in [2.24, 2.45) is 0 Å². The smallest absolute Gasteiger partial charge is 0.331 e. The number of amides is 3. The first-order valence-corrected chi connectivity index (χ1v) is 7.92. The molecule has 2 N–H and O–H groups in total. The summed E-state index contributed by atoms with van der Waals surface area (Å²) in [6.07, 6.45) is 2.85. The van der Waals surface area contributed by atoms with Crippen LogP contribution in [-0.4, -0.2) is 24.5 Å². The van der Waals surface area contributed by atoms with Gasteiger partial charge in [0.1, 0.15) is 0 Å². The number of thiophene rings is 1. The van der Waals surface area contributed by atoms with Crippen LogP contribution >= 0.6 is 11.3 Å². The predicted octanol–water partition coefficient (Wildman–Crippen LogP) is 2.96. The Morgan fingerprint density at radius 2 is 1.88 bits per heavy atom. The highest BCUT2D eigenvalue weighted by molar-refractivity contribution is 7.12. The van der Waals surface area contributed by atoms with Gasteiger partial charge in [0.25, 0.3) is 5.91 Å². The van der Waals surface area contributed by atoms with Crippen molar-refractivity contribution in [1.82, 2.24) is 5.32 Å². The van der Waals surface area contributed by atoms with E-state index in [-0.39, 0.29) is 0 Å². The minimum Gasteiger partial charge on any atom is -0.452 e. The van der Waals surface area contributed by atoms with Crippen LogP contribution in [0.25, 0.3) is 6.08 Å². The van der Waals surface area contributed by atoms with Crippen LogP contribution in [0, 0.1) is 6.92 Å². The van der Waals surface area contributed by atoms with Gasteiger partial charge in [-0.2, -0.15) is 0 Å². The molecule has 0 radical (unpaired) electrons. The number of hydrogen-bond donors (Lipinski definition) is 2. The molecule has 6 nitrogen and oxygen atoms in total.